The predicted octanol–water partition coefficient (Wildman–Crippen LogP) is 3.82. The second kappa shape index (κ2) is 8.47. The summed E-state index contributed by atoms with van der Waals surface area (Å²) in [6.45, 7) is 2.41. The van der Waals surface area contributed by atoms with Gasteiger partial charge in [-0.3, -0.25) is 0 Å². The van der Waals surface area contributed by atoms with Crippen molar-refractivity contribution in [2.75, 3.05) is 24.6 Å². The average Bonchev–Trinajstić information content (AvgIpc) is 3.20. The van der Waals surface area contributed by atoms with E-state index in [0.29, 0.717) is 12.0 Å². The lowest BCUT2D eigenvalue weighted by atomic mass is 9.97. The Morgan fingerprint density at radius 3 is 2.36 bits per heavy atom. The van der Waals surface area contributed by atoms with E-state index < -0.39 is 0 Å². The Kier molecular flexibility index (Phi) is 5.83. The van der Waals surface area contributed by atoms with E-state index in [9.17, 15) is 9.59 Å². The summed E-state index contributed by atoms with van der Waals surface area (Å²) in [5.41, 5.74) is 2.76. The second-order valence-electron chi connectivity index (χ2n) is 6.35. The van der Waals surface area contributed by atoms with Gasteiger partial charge in [0.05, 0.1) is 12.2 Å². The molecule has 0 saturated carbocycles. The van der Waals surface area contributed by atoms with Crippen molar-refractivity contribution in [1.82, 2.24) is 0 Å². The first kappa shape index (κ1) is 17.2. The van der Waals surface area contributed by atoms with Gasteiger partial charge in [-0.1, -0.05) is 30.3 Å². The Labute approximate surface area is 148 Å². The third kappa shape index (κ3) is 4.47. The summed E-state index contributed by atoms with van der Waals surface area (Å²) >= 11 is 0. The largest absolute Gasteiger partial charge is 0.461 e. The van der Waals surface area contributed by atoms with Gasteiger partial charge >= 0.3 is 5.97 Å². The minimum absolute atomic E-state index is 0.113. The van der Waals surface area contributed by atoms with Gasteiger partial charge in [0.15, 0.2) is 0 Å². The fourth-order valence-electron chi connectivity index (χ4n) is 3.18. The van der Waals surface area contributed by atoms with Crippen molar-refractivity contribution < 1.29 is 14.3 Å². The zero-order chi connectivity index (χ0) is 17.5. The lowest BCUT2D eigenvalue weighted by Crippen LogP contribution is -2.18. The van der Waals surface area contributed by atoms with E-state index in [1.807, 2.05) is 18.2 Å². The molecule has 2 aromatic rings. The molecule has 0 aromatic heterocycles. The van der Waals surface area contributed by atoms with Crippen LogP contribution in [0.3, 0.4) is 0 Å². The molecule has 0 amide bonds. The maximum Gasteiger partial charge on any atom is 0.338 e. The fraction of sp³-hybridized carbons (Fsp3) is 0.333. The molecule has 3 rings (SSSR count). The Hall–Kier alpha value is -2.62. The van der Waals surface area contributed by atoms with E-state index in [0.717, 1.165) is 24.9 Å². The number of hydrogen-bond donors (Lipinski definition) is 0. The van der Waals surface area contributed by atoms with Gasteiger partial charge in [0.2, 0.25) is 0 Å². The van der Waals surface area contributed by atoms with Crippen molar-refractivity contribution >= 4 is 17.9 Å². The van der Waals surface area contributed by atoms with Crippen molar-refractivity contribution in [2.24, 2.45) is 0 Å². The van der Waals surface area contributed by atoms with Gasteiger partial charge in [0.1, 0.15) is 6.29 Å². The van der Waals surface area contributed by atoms with Crippen LogP contribution in [0.4, 0.5) is 5.69 Å². The summed E-state index contributed by atoms with van der Waals surface area (Å²) in [6, 6.07) is 17.2. The molecule has 0 radical (unpaired) electrons. The Morgan fingerprint density at radius 2 is 1.72 bits per heavy atom. The summed E-state index contributed by atoms with van der Waals surface area (Å²) in [7, 11) is 0. The Balaban J connectivity index is 1.64. The normalized spacial score (nSPS) is 15.0. The summed E-state index contributed by atoms with van der Waals surface area (Å²) in [5.74, 6) is -0.469. The Bertz CT molecular complexity index is 691. The third-order valence-electron chi connectivity index (χ3n) is 4.64. The first-order chi connectivity index (χ1) is 12.3. The summed E-state index contributed by atoms with van der Waals surface area (Å²) in [4.78, 5) is 25.5. The molecule has 0 bridgehead atoms. The average molecular weight is 337 g/mol. The van der Waals surface area contributed by atoms with Crippen molar-refractivity contribution in [1.29, 1.82) is 0 Å². The number of rotatable bonds is 7. The molecule has 1 aliphatic rings. The first-order valence-corrected chi connectivity index (χ1v) is 8.78. The molecule has 0 spiro atoms. The van der Waals surface area contributed by atoms with Gasteiger partial charge in [0.25, 0.3) is 0 Å². The number of hydrogen-bond acceptors (Lipinski definition) is 4. The van der Waals surface area contributed by atoms with Gasteiger partial charge in [-0.25, -0.2) is 4.79 Å². The van der Waals surface area contributed by atoms with Crippen LogP contribution in [0.5, 0.6) is 0 Å². The highest BCUT2D eigenvalue weighted by Gasteiger charge is 2.17. The number of esters is 1. The number of nitrogens with zero attached hydrogens (tertiary/aromatic N) is 1. The highest BCUT2D eigenvalue weighted by Crippen LogP contribution is 2.25. The van der Waals surface area contributed by atoms with Crippen LogP contribution in [-0.2, 0) is 9.53 Å². The summed E-state index contributed by atoms with van der Waals surface area (Å²) in [5, 5.41) is 0. The second-order valence-corrected chi connectivity index (χ2v) is 6.35. The zero-order valence-electron chi connectivity index (χ0n) is 14.3. The molecule has 1 fully saturated rings. The van der Waals surface area contributed by atoms with Gasteiger partial charge < -0.3 is 14.4 Å². The predicted molar refractivity (Wildman–Crippen MR) is 98.0 cm³/mol. The molecule has 4 heteroatoms. The van der Waals surface area contributed by atoms with Crippen LogP contribution in [0.2, 0.25) is 0 Å². The lowest BCUT2D eigenvalue weighted by molar-refractivity contribution is -0.108. The van der Waals surface area contributed by atoms with Crippen LogP contribution >= 0.6 is 0 Å². The highest BCUT2D eigenvalue weighted by atomic mass is 16.5. The number of benzene rings is 2. The minimum atomic E-state index is -0.356. The summed E-state index contributed by atoms with van der Waals surface area (Å²) < 4.78 is 5.42. The molecule has 1 aliphatic heterocycles. The molecule has 0 unspecified atom stereocenters. The van der Waals surface area contributed by atoms with Crippen molar-refractivity contribution in [2.45, 2.75) is 25.2 Å². The van der Waals surface area contributed by atoms with E-state index >= 15 is 0 Å². The maximum atomic E-state index is 12.1. The lowest BCUT2D eigenvalue weighted by Gasteiger charge is -2.20. The third-order valence-corrected chi connectivity index (χ3v) is 4.64. The van der Waals surface area contributed by atoms with Gasteiger partial charge in [-0.05, 0) is 42.7 Å². The van der Waals surface area contributed by atoms with Crippen LogP contribution in [0.25, 0.3) is 0 Å². The molecule has 25 heavy (non-hydrogen) atoms. The number of ether oxygens (including phenoxy) is 1. The molecule has 0 aliphatic carbocycles. The first-order valence-electron chi connectivity index (χ1n) is 8.78. The van der Waals surface area contributed by atoms with Crippen molar-refractivity contribution in [3.05, 3.63) is 65.7 Å². The monoisotopic (exact) mass is 337 g/mol. The summed E-state index contributed by atoms with van der Waals surface area (Å²) in [6.07, 6.45) is 3.70. The molecule has 1 heterocycles. The minimum Gasteiger partial charge on any atom is -0.461 e. The van der Waals surface area contributed by atoms with Gasteiger partial charge in [-0.15, -0.1) is 0 Å². The SMILES string of the molecule is O=CC[C@H](COC(=O)c1ccccc1)c1ccc(N2CCCC2)cc1. The molecular formula is C21H23NO3. The van der Waals surface area contributed by atoms with Crippen LogP contribution in [0.1, 0.15) is 41.1 Å². The fourth-order valence-corrected chi connectivity index (χ4v) is 3.18. The molecule has 1 atom stereocenters. The van der Waals surface area contributed by atoms with Crippen LogP contribution in [0.15, 0.2) is 54.6 Å². The molecule has 2 aromatic carbocycles. The van der Waals surface area contributed by atoms with E-state index in [1.165, 1.54) is 18.5 Å². The standard InChI is InChI=1S/C21H23NO3/c23-15-12-19(16-25-21(24)18-6-2-1-3-7-18)17-8-10-20(11-9-17)22-13-4-5-14-22/h1-3,6-11,15,19H,4-5,12-14,16H2/t19-/m1/s1. The van der Waals surface area contributed by atoms with Crippen LogP contribution in [-0.4, -0.2) is 32.0 Å². The van der Waals surface area contributed by atoms with E-state index in [2.05, 4.69) is 17.0 Å². The van der Waals surface area contributed by atoms with Crippen molar-refractivity contribution in [3.63, 3.8) is 0 Å². The molecule has 1 saturated heterocycles. The highest BCUT2D eigenvalue weighted by molar-refractivity contribution is 5.89. The van der Waals surface area contributed by atoms with E-state index in [-0.39, 0.29) is 18.5 Å². The number of carbonyl (C=O) groups excluding carboxylic acids is 2. The van der Waals surface area contributed by atoms with Gasteiger partial charge in [0, 0.05) is 31.1 Å². The molecular weight excluding hydrogens is 314 g/mol. The molecule has 4 nitrogen and oxygen atoms in total. The Morgan fingerprint density at radius 1 is 1.04 bits per heavy atom. The number of carbonyl (C=O) groups is 2. The smallest absolute Gasteiger partial charge is 0.338 e. The van der Waals surface area contributed by atoms with E-state index in [4.69, 9.17) is 4.74 Å². The van der Waals surface area contributed by atoms with Crippen LogP contribution < -0.4 is 4.90 Å². The van der Waals surface area contributed by atoms with Crippen LogP contribution in [0, 0.1) is 0 Å². The quantitative estimate of drug-likeness (QED) is 0.569. The van der Waals surface area contributed by atoms with Crippen molar-refractivity contribution in [3.8, 4) is 0 Å². The molecule has 0 N–H and O–H groups in total. The maximum absolute atomic E-state index is 12.1. The number of anilines is 1. The topological polar surface area (TPSA) is 46.6 Å². The van der Waals surface area contributed by atoms with Gasteiger partial charge in [-0.2, -0.15) is 0 Å². The van der Waals surface area contributed by atoms with E-state index in [1.54, 1.807) is 24.3 Å². The number of aldehydes is 1. The molecule has 130 valence electrons. The zero-order valence-corrected chi connectivity index (χ0v) is 14.3.